The summed E-state index contributed by atoms with van der Waals surface area (Å²) in [5.74, 6) is 0. The van der Waals surface area contributed by atoms with Gasteiger partial charge in [0.25, 0.3) is 0 Å². The summed E-state index contributed by atoms with van der Waals surface area (Å²) < 4.78 is 6.54. The molecule has 0 saturated carbocycles. The summed E-state index contributed by atoms with van der Waals surface area (Å²) in [6, 6.07) is 43.0. The van der Waals surface area contributed by atoms with Crippen LogP contribution in [0.5, 0.6) is 0 Å². The van der Waals surface area contributed by atoms with Crippen LogP contribution in [-0.2, 0) is 27.2 Å². The van der Waals surface area contributed by atoms with Crippen molar-refractivity contribution in [2.45, 2.75) is 20.8 Å². The summed E-state index contributed by atoms with van der Waals surface area (Å²) in [4.78, 5) is 4.41. The molecule has 0 aliphatic carbocycles. The van der Waals surface area contributed by atoms with Crippen molar-refractivity contribution in [2.24, 2.45) is 7.05 Å². The summed E-state index contributed by atoms with van der Waals surface area (Å²) in [6.07, 6.45) is 5.34. The molecular formula is C40H30IrN4+. The standard InChI is InChI=1S/C26H16N3.C14H14N.Ir/c1-27-16-28(24-12-5-4-11-23(24)27)17-13-14-19-21-9-6-8-20-18-7-2-3-10-22(18)29(26(20)21)25(19)15-17;1-10-4-6-13(7-5-10)14-8-11(2)12(3)9-15-14;/h2-12,14-15H,1H3;4-6,8-9H,1-3H3;/q2*-1;+3. The zero-order valence-electron chi connectivity index (χ0n) is 25.5. The van der Waals surface area contributed by atoms with E-state index in [2.05, 4.69) is 150 Å². The number of aromatic nitrogens is 4. The fourth-order valence-corrected chi connectivity index (χ4v) is 6.30. The van der Waals surface area contributed by atoms with Crippen LogP contribution >= 0.6 is 0 Å². The summed E-state index contributed by atoms with van der Waals surface area (Å²) in [5, 5.41) is 5.12. The van der Waals surface area contributed by atoms with Crippen molar-refractivity contribution in [3.8, 4) is 16.9 Å². The quantitative estimate of drug-likeness (QED) is 0.128. The van der Waals surface area contributed by atoms with E-state index in [4.69, 9.17) is 0 Å². The Hall–Kier alpha value is -4.83. The first-order valence-electron chi connectivity index (χ1n) is 14.9. The van der Waals surface area contributed by atoms with Crippen LogP contribution in [0.1, 0.15) is 16.7 Å². The Morgan fingerprint density at radius 2 is 1.40 bits per heavy atom. The third-order valence-electron chi connectivity index (χ3n) is 8.73. The van der Waals surface area contributed by atoms with Gasteiger partial charge in [-0.25, -0.2) is 0 Å². The molecule has 5 aromatic carbocycles. The van der Waals surface area contributed by atoms with E-state index in [-0.39, 0.29) is 20.1 Å². The number of aryl methyl sites for hydroxylation is 4. The maximum Gasteiger partial charge on any atom is 3.00 e. The fourth-order valence-electron chi connectivity index (χ4n) is 6.30. The maximum atomic E-state index is 4.41. The van der Waals surface area contributed by atoms with Crippen molar-refractivity contribution in [3.05, 3.63) is 144 Å². The van der Waals surface area contributed by atoms with Gasteiger partial charge in [-0.2, -0.15) is 12.1 Å². The first kappa shape index (κ1) is 28.9. The van der Waals surface area contributed by atoms with E-state index in [1.54, 1.807) is 0 Å². The van der Waals surface area contributed by atoms with Crippen molar-refractivity contribution in [3.63, 3.8) is 0 Å². The predicted octanol–water partition coefficient (Wildman–Crippen LogP) is 8.68. The molecule has 0 bridgehead atoms. The van der Waals surface area contributed by atoms with Crippen molar-refractivity contribution in [2.75, 3.05) is 0 Å². The second-order valence-corrected chi connectivity index (χ2v) is 11.6. The Morgan fingerprint density at radius 1 is 0.667 bits per heavy atom. The Bertz CT molecular complexity index is 2480. The van der Waals surface area contributed by atoms with Gasteiger partial charge in [-0.05, 0) is 36.6 Å². The van der Waals surface area contributed by atoms with Gasteiger partial charge in [-0.1, -0.05) is 90.4 Å². The third-order valence-corrected chi connectivity index (χ3v) is 8.73. The van der Waals surface area contributed by atoms with Crippen LogP contribution in [0.25, 0.3) is 66.1 Å². The second kappa shape index (κ2) is 11.3. The van der Waals surface area contributed by atoms with E-state index < -0.39 is 0 Å². The fraction of sp³-hybridized carbons (Fsp3) is 0.100. The van der Waals surface area contributed by atoms with Gasteiger partial charge in [0.15, 0.2) is 0 Å². The van der Waals surface area contributed by atoms with Crippen LogP contribution in [0, 0.1) is 39.2 Å². The maximum absolute atomic E-state index is 4.41. The number of hydrogen-bond acceptors (Lipinski definition) is 1. The van der Waals surface area contributed by atoms with E-state index in [9.17, 15) is 0 Å². The molecule has 4 nitrogen and oxygen atoms in total. The molecule has 9 aromatic rings. The van der Waals surface area contributed by atoms with Gasteiger partial charge in [-0.15, -0.1) is 46.8 Å². The molecule has 9 rings (SSSR count). The molecule has 0 N–H and O–H groups in total. The van der Waals surface area contributed by atoms with Crippen LogP contribution in [0.2, 0.25) is 0 Å². The minimum Gasteiger partial charge on any atom is -0.342 e. The Labute approximate surface area is 275 Å². The number of rotatable bonds is 2. The van der Waals surface area contributed by atoms with Gasteiger partial charge < -0.3 is 18.5 Å². The number of hydrogen-bond donors (Lipinski definition) is 0. The molecule has 0 aliphatic heterocycles. The molecule has 0 spiro atoms. The van der Waals surface area contributed by atoms with Crippen molar-refractivity contribution < 1.29 is 24.7 Å². The number of benzene rings is 5. The largest absolute Gasteiger partial charge is 3.00 e. The number of imidazole rings is 1. The third kappa shape index (κ3) is 4.71. The number of pyridine rings is 1. The molecule has 45 heavy (non-hydrogen) atoms. The van der Waals surface area contributed by atoms with E-state index in [0.29, 0.717) is 0 Å². The zero-order chi connectivity index (χ0) is 29.9. The molecule has 4 aromatic heterocycles. The molecule has 218 valence electrons. The van der Waals surface area contributed by atoms with Crippen LogP contribution < -0.4 is 4.57 Å². The van der Waals surface area contributed by atoms with E-state index in [0.717, 1.165) is 28.0 Å². The number of para-hydroxylation sites is 4. The second-order valence-electron chi connectivity index (χ2n) is 11.6. The molecular weight excluding hydrogens is 729 g/mol. The van der Waals surface area contributed by atoms with Gasteiger partial charge in [0.1, 0.15) is 0 Å². The summed E-state index contributed by atoms with van der Waals surface area (Å²) in [7, 11) is 2.03. The van der Waals surface area contributed by atoms with Crippen molar-refractivity contribution in [1.82, 2.24) is 14.0 Å². The van der Waals surface area contributed by atoms with Gasteiger partial charge in [0, 0.05) is 22.5 Å². The molecule has 0 aliphatic rings. The van der Waals surface area contributed by atoms with Gasteiger partial charge in [-0.3, -0.25) is 0 Å². The molecule has 0 fully saturated rings. The molecule has 0 amide bonds. The summed E-state index contributed by atoms with van der Waals surface area (Å²) >= 11 is 0. The molecule has 4 heterocycles. The van der Waals surface area contributed by atoms with Crippen LogP contribution in [0.3, 0.4) is 0 Å². The van der Waals surface area contributed by atoms with Crippen LogP contribution in [0.15, 0.2) is 109 Å². The molecule has 0 unspecified atom stereocenters. The van der Waals surface area contributed by atoms with Crippen LogP contribution in [-0.4, -0.2) is 14.0 Å². The Balaban J connectivity index is 0.000000173. The van der Waals surface area contributed by atoms with Gasteiger partial charge >= 0.3 is 20.1 Å². The van der Waals surface area contributed by atoms with Gasteiger partial charge in [0.2, 0.25) is 6.33 Å². The smallest absolute Gasteiger partial charge is 0.342 e. The SMILES string of the molecule is C[n+]1[c-]n(-c2[c-]cc3c4cccc5c6ccccc6n(c3c2)c54)c2ccccc21.Cc1c[c-]c(-c2cc(C)c(C)cn2)cc1.[Ir+3]. The van der Waals surface area contributed by atoms with Gasteiger partial charge in [0.05, 0.1) is 23.6 Å². The molecule has 0 saturated heterocycles. The molecule has 5 heteroatoms. The van der Waals surface area contributed by atoms with E-state index in [1.165, 1.54) is 54.8 Å². The Morgan fingerprint density at radius 3 is 2.18 bits per heavy atom. The average Bonchev–Trinajstić information content (AvgIpc) is 3.70. The van der Waals surface area contributed by atoms with Crippen molar-refractivity contribution >= 4 is 49.1 Å². The minimum atomic E-state index is 0. The normalized spacial score (nSPS) is 11.4. The zero-order valence-corrected chi connectivity index (χ0v) is 27.9. The first-order valence-corrected chi connectivity index (χ1v) is 14.9. The first-order chi connectivity index (χ1) is 21.5. The van der Waals surface area contributed by atoms with E-state index >= 15 is 0 Å². The molecule has 0 atom stereocenters. The van der Waals surface area contributed by atoms with Crippen molar-refractivity contribution in [1.29, 1.82) is 0 Å². The number of nitrogens with zero attached hydrogens (tertiary/aromatic N) is 4. The minimum absolute atomic E-state index is 0. The average molecular weight is 759 g/mol. The Kier molecular flexibility index (Phi) is 7.24. The predicted molar refractivity (Wildman–Crippen MR) is 180 cm³/mol. The number of fused-ring (bicyclic) bond motifs is 7. The van der Waals surface area contributed by atoms with E-state index in [1.807, 2.05) is 23.9 Å². The monoisotopic (exact) mass is 759 g/mol. The topological polar surface area (TPSA) is 26.1 Å². The van der Waals surface area contributed by atoms with Crippen LogP contribution in [0.4, 0.5) is 0 Å². The summed E-state index contributed by atoms with van der Waals surface area (Å²) in [6.45, 7) is 6.24. The summed E-state index contributed by atoms with van der Waals surface area (Å²) in [5.41, 5.74) is 12.8. The molecule has 0 radical (unpaired) electrons.